The van der Waals surface area contributed by atoms with Gasteiger partial charge >= 0.3 is 0 Å². The van der Waals surface area contributed by atoms with Crippen molar-refractivity contribution in [3.05, 3.63) is 96.1 Å². The second kappa shape index (κ2) is 10.8. The lowest BCUT2D eigenvalue weighted by Crippen LogP contribution is -2.43. The predicted octanol–water partition coefficient (Wildman–Crippen LogP) is 4.22. The summed E-state index contributed by atoms with van der Waals surface area (Å²) >= 11 is 0. The van der Waals surface area contributed by atoms with Gasteiger partial charge in [-0.05, 0) is 49.6 Å². The summed E-state index contributed by atoms with van der Waals surface area (Å²) in [5.74, 6) is -1.11. The van der Waals surface area contributed by atoms with E-state index in [1.54, 1.807) is 54.6 Å². The van der Waals surface area contributed by atoms with Crippen molar-refractivity contribution >= 4 is 27.5 Å². The summed E-state index contributed by atoms with van der Waals surface area (Å²) in [4.78, 5) is 26.3. The fourth-order valence-electron chi connectivity index (χ4n) is 4.24. The third kappa shape index (κ3) is 5.78. The van der Waals surface area contributed by atoms with Crippen LogP contribution < -0.4 is 10.6 Å². The summed E-state index contributed by atoms with van der Waals surface area (Å²) in [6.45, 7) is 2.37. The normalized spacial score (nSPS) is 17.3. The highest BCUT2D eigenvalue weighted by Gasteiger charge is 2.33. The molecule has 8 heteroatoms. The first-order valence-electron chi connectivity index (χ1n) is 11.7. The summed E-state index contributed by atoms with van der Waals surface area (Å²) in [6.07, 6.45) is 1.16. The first kappa shape index (κ1) is 24.6. The molecule has 3 aromatic carbocycles. The van der Waals surface area contributed by atoms with E-state index in [1.807, 2.05) is 37.3 Å². The quantitative estimate of drug-likeness (QED) is 0.517. The van der Waals surface area contributed by atoms with Crippen molar-refractivity contribution in [2.75, 3.05) is 18.4 Å². The number of nitrogens with one attached hydrogen (secondary N) is 2. The van der Waals surface area contributed by atoms with Crippen LogP contribution in [0.4, 0.5) is 5.69 Å². The van der Waals surface area contributed by atoms with Crippen LogP contribution in [0.2, 0.25) is 0 Å². The molecule has 7 nitrogen and oxygen atoms in total. The van der Waals surface area contributed by atoms with Gasteiger partial charge in [-0.15, -0.1) is 0 Å². The molecule has 1 heterocycles. The average Bonchev–Trinajstić information content (AvgIpc) is 2.90. The minimum Gasteiger partial charge on any atom is -0.345 e. The number of hydrogen-bond donors (Lipinski definition) is 2. The van der Waals surface area contributed by atoms with Crippen molar-refractivity contribution in [1.29, 1.82) is 0 Å². The topological polar surface area (TPSA) is 95.6 Å². The standard InChI is InChI=1S/C27H29N3O4S/c1-20(21-11-4-2-5-12-21)28-27(32)24-16-8-9-17-25(24)29-26(31)22-13-10-18-30(19-22)35(33,34)23-14-6-3-7-15-23/h2-9,11-12,14-17,20,22H,10,13,18-19H2,1H3,(H,28,32)(H,29,31)/t20-,22+/m1/s1. The largest absolute Gasteiger partial charge is 0.345 e. The molecule has 2 atom stereocenters. The van der Waals surface area contributed by atoms with Crippen LogP contribution in [0.15, 0.2) is 89.8 Å². The van der Waals surface area contributed by atoms with E-state index in [0.717, 1.165) is 5.56 Å². The van der Waals surface area contributed by atoms with Crippen molar-refractivity contribution in [2.45, 2.75) is 30.7 Å². The SMILES string of the molecule is C[C@@H](NC(=O)c1ccccc1NC(=O)[C@H]1CCCN(S(=O)(=O)c2ccccc2)C1)c1ccccc1. The Labute approximate surface area is 206 Å². The van der Waals surface area contributed by atoms with Gasteiger partial charge in [-0.1, -0.05) is 60.7 Å². The predicted molar refractivity (Wildman–Crippen MR) is 135 cm³/mol. The summed E-state index contributed by atoms with van der Waals surface area (Å²) < 4.78 is 27.4. The first-order chi connectivity index (χ1) is 16.9. The Kier molecular flexibility index (Phi) is 7.63. The number of para-hydroxylation sites is 1. The van der Waals surface area contributed by atoms with Crippen LogP contribution >= 0.6 is 0 Å². The fourth-order valence-corrected chi connectivity index (χ4v) is 5.79. The Hall–Kier alpha value is -3.49. The van der Waals surface area contributed by atoms with E-state index in [9.17, 15) is 18.0 Å². The molecular weight excluding hydrogens is 462 g/mol. The Morgan fingerprint density at radius 3 is 2.26 bits per heavy atom. The van der Waals surface area contributed by atoms with E-state index >= 15 is 0 Å². The molecule has 3 aromatic rings. The van der Waals surface area contributed by atoms with Crippen molar-refractivity contribution in [3.63, 3.8) is 0 Å². The zero-order valence-electron chi connectivity index (χ0n) is 19.6. The number of rotatable bonds is 7. The highest BCUT2D eigenvalue weighted by molar-refractivity contribution is 7.89. The molecule has 0 bridgehead atoms. The number of piperidine rings is 1. The molecule has 0 saturated carbocycles. The summed E-state index contributed by atoms with van der Waals surface area (Å²) in [6, 6.07) is 24.5. The van der Waals surface area contributed by atoms with Crippen LogP contribution in [-0.4, -0.2) is 37.6 Å². The number of carbonyl (C=O) groups is 2. The van der Waals surface area contributed by atoms with Crippen molar-refractivity contribution < 1.29 is 18.0 Å². The lowest BCUT2D eigenvalue weighted by Gasteiger charge is -2.31. The minimum absolute atomic E-state index is 0.0997. The minimum atomic E-state index is -3.67. The summed E-state index contributed by atoms with van der Waals surface area (Å²) in [7, 11) is -3.67. The summed E-state index contributed by atoms with van der Waals surface area (Å²) in [5, 5.41) is 5.84. The average molecular weight is 492 g/mol. The summed E-state index contributed by atoms with van der Waals surface area (Å²) in [5.41, 5.74) is 1.73. The fraction of sp³-hybridized carbons (Fsp3) is 0.259. The third-order valence-corrected chi connectivity index (χ3v) is 8.09. The highest BCUT2D eigenvalue weighted by atomic mass is 32.2. The Morgan fingerprint density at radius 2 is 1.54 bits per heavy atom. The molecule has 0 radical (unpaired) electrons. The van der Waals surface area contributed by atoms with Gasteiger partial charge in [-0.25, -0.2) is 8.42 Å². The molecule has 1 saturated heterocycles. The van der Waals surface area contributed by atoms with Crippen LogP contribution in [0.3, 0.4) is 0 Å². The van der Waals surface area contributed by atoms with Crippen LogP contribution in [0, 0.1) is 5.92 Å². The number of anilines is 1. The van der Waals surface area contributed by atoms with Crippen LogP contribution in [0.1, 0.15) is 41.7 Å². The number of amides is 2. The van der Waals surface area contributed by atoms with E-state index < -0.39 is 15.9 Å². The van der Waals surface area contributed by atoms with Gasteiger partial charge in [0.25, 0.3) is 5.91 Å². The maximum absolute atomic E-state index is 13.1. The zero-order valence-corrected chi connectivity index (χ0v) is 20.4. The molecule has 1 aliphatic heterocycles. The molecule has 2 amide bonds. The molecule has 0 spiro atoms. The molecular formula is C27H29N3O4S. The highest BCUT2D eigenvalue weighted by Crippen LogP contribution is 2.26. The van der Waals surface area contributed by atoms with Gasteiger partial charge in [-0.3, -0.25) is 9.59 Å². The Balaban J connectivity index is 1.45. The number of sulfonamides is 1. The van der Waals surface area contributed by atoms with E-state index in [0.29, 0.717) is 30.6 Å². The van der Waals surface area contributed by atoms with E-state index in [4.69, 9.17) is 0 Å². The molecule has 182 valence electrons. The number of carbonyl (C=O) groups excluding carboxylic acids is 2. The number of nitrogens with zero attached hydrogens (tertiary/aromatic N) is 1. The lowest BCUT2D eigenvalue weighted by molar-refractivity contribution is -0.120. The number of benzene rings is 3. The van der Waals surface area contributed by atoms with Crippen molar-refractivity contribution in [2.24, 2.45) is 5.92 Å². The third-order valence-electron chi connectivity index (χ3n) is 6.21. The molecule has 0 aliphatic carbocycles. The molecule has 0 aromatic heterocycles. The van der Waals surface area contributed by atoms with Crippen molar-refractivity contribution in [1.82, 2.24) is 9.62 Å². The molecule has 35 heavy (non-hydrogen) atoms. The Bertz CT molecular complexity index is 1280. The maximum Gasteiger partial charge on any atom is 0.253 e. The monoisotopic (exact) mass is 491 g/mol. The second-order valence-electron chi connectivity index (χ2n) is 8.66. The van der Waals surface area contributed by atoms with Gasteiger partial charge in [0.05, 0.1) is 28.1 Å². The van der Waals surface area contributed by atoms with E-state index in [2.05, 4.69) is 10.6 Å². The van der Waals surface area contributed by atoms with Crippen molar-refractivity contribution in [3.8, 4) is 0 Å². The molecule has 2 N–H and O–H groups in total. The second-order valence-corrected chi connectivity index (χ2v) is 10.6. The van der Waals surface area contributed by atoms with Gasteiger partial charge < -0.3 is 10.6 Å². The van der Waals surface area contributed by atoms with Gasteiger partial charge in [0.1, 0.15) is 0 Å². The smallest absolute Gasteiger partial charge is 0.253 e. The van der Waals surface area contributed by atoms with Gasteiger partial charge in [0.15, 0.2) is 0 Å². The number of hydrogen-bond acceptors (Lipinski definition) is 4. The van der Waals surface area contributed by atoms with Crippen LogP contribution in [0.5, 0.6) is 0 Å². The molecule has 1 fully saturated rings. The first-order valence-corrected chi connectivity index (χ1v) is 13.1. The van der Waals surface area contributed by atoms with Crippen LogP contribution in [0.25, 0.3) is 0 Å². The van der Waals surface area contributed by atoms with Gasteiger partial charge in [-0.2, -0.15) is 4.31 Å². The van der Waals surface area contributed by atoms with E-state index in [1.165, 1.54) is 4.31 Å². The zero-order chi connectivity index (χ0) is 24.8. The molecule has 1 aliphatic rings. The van der Waals surface area contributed by atoms with E-state index in [-0.39, 0.29) is 29.3 Å². The van der Waals surface area contributed by atoms with Gasteiger partial charge in [0, 0.05) is 13.1 Å². The Morgan fingerprint density at radius 1 is 0.914 bits per heavy atom. The molecule has 0 unspecified atom stereocenters. The van der Waals surface area contributed by atoms with Crippen LogP contribution in [-0.2, 0) is 14.8 Å². The maximum atomic E-state index is 13.1. The lowest BCUT2D eigenvalue weighted by atomic mass is 9.98. The molecule has 4 rings (SSSR count). The van der Waals surface area contributed by atoms with Gasteiger partial charge in [0.2, 0.25) is 15.9 Å².